The highest BCUT2D eigenvalue weighted by molar-refractivity contribution is 5.42. The molecule has 0 unspecified atom stereocenters. The van der Waals surface area contributed by atoms with Crippen LogP contribution in [0.5, 0.6) is 0 Å². The SMILES string of the molecule is C=C(/C=C\N(C)c1ccc(C)cn1)CC(C)C. The molecule has 1 rings (SSSR count). The molecular formula is C15H22N2. The number of aryl methyl sites for hydroxylation is 1. The van der Waals surface area contributed by atoms with Crippen molar-refractivity contribution in [2.45, 2.75) is 27.2 Å². The third-order valence-corrected chi connectivity index (χ3v) is 2.46. The van der Waals surface area contributed by atoms with Gasteiger partial charge in [0.25, 0.3) is 0 Å². The van der Waals surface area contributed by atoms with Crippen LogP contribution in [-0.4, -0.2) is 12.0 Å². The fourth-order valence-electron chi connectivity index (χ4n) is 1.55. The third kappa shape index (κ3) is 4.85. The van der Waals surface area contributed by atoms with Gasteiger partial charge >= 0.3 is 0 Å². The topological polar surface area (TPSA) is 16.1 Å². The zero-order valence-corrected chi connectivity index (χ0v) is 11.3. The van der Waals surface area contributed by atoms with Crippen LogP contribution in [0.4, 0.5) is 5.82 Å². The minimum atomic E-state index is 0.648. The number of allylic oxidation sites excluding steroid dienone is 2. The average Bonchev–Trinajstić information content (AvgIpc) is 2.26. The quantitative estimate of drug-likeness (QED) is 0.712. The summed E-state index contributed by atoms with van der Waals surface area (Å²) in [4.78, 5) is 6.37. The maximum absolute atomic E-state index is 4.36. The van der Waals surface area contributed by atoms with Crippen molar-refractivity contribution in [1.82, 2.24) is 4.98 Å². The van der Waals surface area contributed by atoms with Gasteiger partial charge in [0.1, 0.15) is 5.82 Å². The molecule has 17 heavy (non-hydrogen) atoms. The Morgan fingerprint density at radius 1 is 1.47 bits per heavy atom. The van der Waals surface area contributed by atoms with E-state index in [9.17, 15) is 0 Å². The molecular weight excluding hydrogens is 208 g/mol. The van der Waals surface area contributed by atoms with Crippen molar-refractivity contribution >= 4 is 5.82 Å². The van der Waals surface area contributed by atoms with E-state index >= 15 is 0 Å². The Morgan fingerprint density at radius 2 is 2.18 bits per heavy atom. The van der Waals surface area contributed by atoms with Crippen LogP contribution in [0.1, 0.15) is 25.8 Å². The molecule has 0 aliphatic carbocycles. The average molecular weight is 230 g/mol. The Bertz CT molecular complexity index is 388. The predicted octanol–water partition coefficient (Wildman–Crippen LogP) is 3.94. The van der Waals surface area contributed by atoms with Gasteiger partial charge in [-0.1, -0.05) is 32.1 Å². The van der Waals surface area contributed by atoms with Crippen LogP contribution in [0.25, 0.3) is 0 Å². The lowest BCUT2D eigenvalue weighted by Gasteiger charge is -2.13. The first-order valence-electron chi connectivity index (χ1n) is 6.00. The fourth-order valence-corrected chi connectivity index (χ4v) is 1.55. The molecule has 0 saturated carbocycles. The zero-order chi connectivity index (χ0) is 12.8. The number of pyridine rings is 1. The van der Waals surface area contributed by atoms with Gasteiger partial charge in [-0.15, -0.1) is 0 Å². The van der Waals surface area contributed by atoms with Gasteiger partial charge in [-0.2, -0.15) is 0 Å². The Hall–Kier alpha value is -1.57. The standard InChI is InChI=1S/C15H22N2/c1-12(2)10-13(3)8-9-17(5)15-7-6-14(4)11-16-15/h6-9,11-12H,3,10H2,1-2,4-5H3/b9-8-. The summed E-state index contributed by atoms with van der Waals surface area (Å²) in [6.45, 7) is 10.5. The number of aromatic nitrogens is 1. The molecule has 0 aliphatic heterocycles. The first kappa shape index (κ1) is 13.5. The van der Waals surface area contributed by atoms with E-state index in [1.807, 2.05) is 37.3 Å². The van der Waals surface area contributed by atoms with Gasteiger partial charge in [-0.3, -0.25) is 0 Å². The second-order valence-electron chi connectivity index (χ2n) is 4.88. The van der Waals surface area contributed by atoms with Crippen molar-refractivity contribution in [2.75, 3.05) is 11.9 Å². The lowest BCUT2D eigenvalue weighted by atomic mass is 10.0. The molecule has 0 aliphatic rings. The second-order valence-corrected chi connectivity index (χ2v) is 4.88. The molecule has 1 aromatic heterocycles. The minimum Gasteiger partial charge on any atom is -0.336 e. The highest BCUT2D eigenvalue weighted by atomic mass is 15.1. The Morgan fingerprint density at radius 3 is 2.71 bits per heavy atom. The molecule has 0 saturated heterocycles. The number of hydrogen-bond donors (Lipinski definition) is 0. The molecule has 2 heteroatoms. The number of nitrogens with zero attached hydrogens (tertiary/aromatic N) is 2. The van der Waals surface area contributed by atoms with Gasteiger partial charge in [-0.05, 0) is 37.0 Å². The Labute approximate surface area is 105 Å². The summed E-state index contributed by atoms with van der Waals surface area (Å²) in [6.07, 6.45) is 6.98. The van der Waals surface area contributed by atoms with Crippen LogP contribution in [0.2, 0.25) is 0 Å². The third-order valence-electron chi connectivity index (χ3n) is 2.46. The van der Waals surface area contributed by atoms with Crippen LogP contribution in [0, 0.1) is 12.8 Å². The van der Waals surface area contributed by atoms with Crippen molar-refractivity contribution in [1.29, 1.82) is 0 Å². The molecule has 1 heterocycles. The fraction of sp³-hybridized carbons (Fsp3) is 0.400. The molecule has 0 bridgehead atoms. The summed E-state index contributed by atoms with van der Waals surface area (Å²) in [6, 6.07) is 4.08. The van der Waals surface area contributed by atoms with Gasteiger partial charge in [0, 0.05) is 19.4 Å². The first-order valence-corrected chi connectivity index (χ1v) is 6.00. The van der Waals surface area contributed by atoms with Crippen molar-refractivity contribution in [3.8, 4) is 0 Å². The molecule has 0 spiro atoms. The first-order chi connectivity index (χ1) is 7.99. The largest absolute Gasteiger partial charge is 0.336 e. The van der Waals surface area contributed by atoms with Crippen molar-refractivity contribution in [2.24, 2.45) is 5.92 Å². The molecule has 2 nitrogen and oxygen atoms in total. The summed E-state index contributed by atoms with van der Waals surface area (Å²) in [5.41, 5.74) is 2.33. The maximum Gasteiger partial charge on any atom is 0.132 e. The molecule has 92 valence electrons. The Kier molecular flexibility index (Phi) is 4.95. The normalized spacial score (nSPS) is 11.1. The van der Waals surface area contributed by atoms with E-state index in [1.54, 1.807) is 0 Å². The van der Waals surface area contributed by atoms with E-state index in [2.05, 4.69) is 37.6 Å². The minimum absolute atomic E-state index is 0.648. The smallest absolute Gasteiger partial charge is 0.132 e. The lowest BCUT2D eigenvalue weighted by Crippen LogP contribution is -2.09. The van der Waals surface area contributed by atoms with Crippen molar-refractivity contribution < 1.29 is 0 Å². The number of anilines is 1. The molecule has 0 radical (unpaired) electrons. The summed E-state index contributed by atoms with van der Waals surface area (Å²) in [7, 11) is 2.00. The van der Waals surface area contributed by atoms with Crippen LogP contribution in [0.15, 0.2) is 42.8 Å². The molecule has 0 atom stereocenters. The van der Waals surface area contributed by atoms with Crippen LogP contribution in [-0.2, 0) is 0 Å². The highest BCUT2D eigenvalue weighted by Crippen LogP contribution is 2.12. The molecule has 0 N–H and O–H groups in total. The van der Waals surface area contributed by atoms with Gasteiger partial charge in [-0.25, -0.2) is 4.98 Å². The summed E-state index contributed by atoms with van der Waals surface area (Å²) in [5, 5.41) is 0. The highest BCUT2D eigenvalue weighted by Gasteiger charge is 1.99. The van der Waals surface area contributed by atoms with Crippen molar-refractivity contribution in [3.05, 3.63) is 48.3 Å². The molecule has 0 amide bonds. The van der Waals surface area contributed by atoms with E-state index in [-0.39, 0.29) is 0 Å². The van der Waals surface area contributed by atoms with Crippen LogP contribution in [0.3, 0.4) is 0 Å². The van der Waals surface area contributed by atoms with Crippen molar-refractivity contribution in [3.63, 3.8) is 0 Å². The van der Waals surface area contributed by atoms with E-state index in [4.69, 9.17) is 0 Å². The van der Waals surface area contributed by atoms with Gasteiger partial charge in [0.15, 0.2) is 0 Å². The van der Waals surface area contributed by atoms with Gasteiger partial charge < -0.3 is 4.90 Å². The summed E-state index contributed by atoms with van der Waals surface area (Å²) >= 11 is 0. The van der Waals surface area contributed by atoms with Crippen LogP contribution < -0.4 is 4.90 Å². The molecule has 0 aromatic carbocycles. The van der Waals surface area contributed by atoms with Gasteiger partial charge in [0.05, 0.1) is 0 Å². The summed E-state index contributed by atoms with van der Waals surface area (Å²) < 4.78 is 0. The van der Waals surface area contributed by atoms with E-state index < -0.39 is 0 Å². The monoisotopic (exact) mass is 230 g/mol. The van der Waals surface area contributed by atoms with E-state index in [1.165, 1.54) is 5.56 Å². The van der Waals surface area contributed by atoms with E-state index in [0.717, 1.165) is 17.8 Å². The van der Waals surface area contributed by atoms with Gasteiger partial charge in [0.2, 0.25) is 0 Å². The summed E-state index contributed by atoms with van der Waals surface area (Å²) in [5.74, 6) is 1.60. The van der Waals surface area contributed by atoms with Crippen LogP contribution >= 0.6 is 0 Å². The maximum atomic E-state index is 4.36. The molecule has 1 aromatic rings. The molecule has 0 fully saturated rings. The number of hydrogen-bond acceptors (Lipinski definition) is 2. The lowest BCUT2D eigenvalue weighted by molar-refractivity contribution is 0.651. The number of rotatable bonds is 5. The Balaban J connectivity index is 2.59. The predicted molar refractivity (Wildman–Crippen MR) is 75.1 cm³/mol. The second kappa shape index (κ2) is 6.24. The zero-order valence-electron chi connectivity index (χ0n) is 11.3. The van der Waals surface area contributed by atoms with E-state index in [0.29, 0.717) is 5.92 Å².